The smallest absolute Gasteiger partial charge is 0.441 e. The first-order valence-corrected chi connectivity index (χ1v) is 5.75. The minimum Gasteiger partial charge on any atom is -0.507 e. The Kier molecular flexibility index (Phi) is 4.83. The maximum absolute atomic E-state index is 12.6. The number of hydrogen-bond donors (Lipinski definition) is 2. The molecule has 2 N–H and O–H groups in total. The number of thioether (sulfide) groups is 1. The third-order valence-electron chi connectivity index (χ3n) is 1.86. The number of rotatable bonds is 4. The molecule has 8 heteroatoms. The molecule has 1 rings (SSSR count). The van der Waals surface area contributed by atoms with Crippen molar-refractivity contribution in [3.8, 4) is 5.75 Å². The molecule has 0 fully saturated rings. The number of aromatic hydroxyl groups is 1. The minimum absolute atomic E-state index is 0.187. The van der Waals surface area contributed by atoms with E-state index in [-0.39, 0.29) is 29.6 Å². The summed E-state index contributed by atoms with van der Waals surface area (Å²) in [6, 6.07) is 2.77. The molecule has 0 aliphatic rings. The van der Waals surface area contributed by atoms with Gasteiger partial charge in [0.25, 0.3) is 5.91 Å². The SMILES string of the molecule is O=C(NCCSC(F)(F)F)c1ccc(F)cc1O. The van der Waals surface area contributed by atoms with Crippen LogP contribution in [0.4, 0.5) is 17.6 Å². The van der Waals surface area contributed by atoms with Gasteiger partial charge in [-0.25, -0.2) is 4.39 Å². The van der Waals surface area contributed by atoms with Crippen LogP contribution >= 0.6 is 11.8 Å². The summed E-state index contributed by atoms with van der Waals surface area (Å²) in [5, 5.41) is 11.5. The van der Waals surface area contributed by atoms with Crippen LogP contribution in [0.5, 0.6) is 5.75 Å². The van der Waals surface area contributed by atoms with E-state index in [4.69, 9.17) is 0 Å². The van der Waals surface area contributed by atoms with Gasteiger partial charge in [-0.05, 0) is 23.9 Å². The van der Waals surface area contributed by atoms with E-state index < -0.39 is 23.0 Å². The van der Waals surface area contributed by atoms with E-state index >= 15 is 0 Å². The average molecular weight is 283 g/mol. The fraction of sp³-hybridized carbons (Fsp3) is 0.300. The third kappa shape index (κ3) is 4.82. The number of alkyl halides is 3. The average Bonchev–Trinajstić information content (AvgIpc) is 2.22. The maximum atomic E-state index is 12.6. The lowest BCUT2D eigenvalue weighted by Crippen LogP contribution is -2.26. The molecule has 0 saturated carbocycles. The lowest BCUT2D eigenvalue weighted by molar-refractivity contribution is -0.0327. The van der Waals surface area contributed by atoms with Crippen molar-refractivity contribution in [1.82, 2.24) is 5.32 Å². The van der Waals surface area contributed by atoms with Crippen molar-refractivity contribution in [2.24, 2.45) is 0 Å². The summed E-state index contributed by atoms with van der Waals surface area (Å²) in [5.74, 6) is -2.36. The van der Waals surface area contributed by atoms with Gasteiger partial charge in [-0.2, -0.15) is 13.2 Å². The summed E-state index contributed by atoms with van der Waals surface area (Å²) in [6.45, 7) is -0.209. The molecular formula is C10H9F4NO2S. The zero-order valence-corrected chi connectivity index (χ0v) is 9.74. The Morgan fingerprint density at radius 3 is 2.61 bits per heavy atom. The van der Waals surface area contributed by atoms with Gasteiger partial charge in [0.05, 0.1) is 5.56 Å². The summed E-state index contributed by atoms with van der Waals surface area (Å²) in [6.07, 6.45) is 0. The molecule has 0 radical (unpaired) electrons. The Balaban J connectivity index is 2.46. The fourth-order valence-electron chi connectivity index (χ4n) is 1.12. The number of halogens is 4. The van der Waals surface area contributed by atoms with E-state index in [2.05, 4.69) is 5.32 Å². The zero-order chi connectivity index (χ0) is 13.8. The van der Waals surface area contributed by atoms with E-state index in [1.807, 2.05) is 0 Å². The molecule has 3 nitrogen and oxygen atoms in total. The highest BCUT2D eigenvalue weighted by Gasteiger charge is 2.27. The Hall–Kier alpha value is -1.44. The molecule has 0 bridgehead atoms. The van der Waals surface area contributed by atoms with Gasteiger partial charge in [0, 0.05) is 18.4 Å². The summed E-state index contributed by atoms with van der Waals surface area (Å²) in [5.41, 5.74) is -4.53. The van der Waals surface area contributed by atoms with Gasteiger partial charge < -0.3 is 10.4 Å². The molecule has 0 atom stereocenters. The Bertz CT molecular complexity index is 436. The van der Waals surface area contributed by atoms with Crippen molar-refractivity contribution < 1.29 is 27.5 Å². The van der Waals surface area contributed by atoms with E-state index in [0.717, 1.165) is 18.2 Å². The molecule has 0 unspecified atom stereocenters. The number of benzene rings is 1. The Morgan fingerprint density at radius 1 is 1.39 bits per heavy atom. The topological polar surface area (TPSA) is 49.3 Å². The van der Waals surface area contributed by atoms with Crippen LogP contribution < -0.4 is 5.32 Å². The van der Waals surface area contributed by atoms with Crippen molar-refractivity contribution in [3.63, 3.8) is 0 Å². The van der Waals surface area contributed by atoms with Gasteiger partial charge in [0.15, 0.2) is 0 Å². The molecule has 1 amide bonds. The number of nitrogens with one attached hydrogen (secondary N) is 1. The van der Waals surface area contributed by atoms with E-state index in [0.29, 0.717) is 0 Å². The first-order valence-electron chi connectivity index (χ1n) is 4.77. The van der Waals surface area contributed by atoms with E-state index in [9.17, 15) is 27.5 Å². The Morgan fingerprint density at radius 2 is 2.06 bits per heavy atom. The molecule has 0 aromatic heterocycles. The van der Waals surface area contributed by atoms with Gasteiger partial charge in [0.1, 0.15) is 11.6 Å². The van der Waals surface area contributed by atoms with Crippen molar-refractivity contribution in [2.75, 3.05) is 12.3 Å². The zero-order valence-electron chi connectivity index (χ0n) is 8.92. The van der Waals surface area contributed by atoms with Gasteiger partial charge in [-0.15, -0.1) is 0 Å². The van der Waals surface area contributed by atoms with Crippen LogP contribution in [-0.2, 0) is 0 Å². The largest absolute Gasteiger partial charge is 0.507 e. The Labute approximate surface area is 104 Å². The first kappa shape index (κ1) is 14.6. The lowest BCUT2D eigenvalue weighted by atomic mass is 10.2. The van der Waals surface area contributed by atoms with Crippen LogP contribution in [0.1, 0.15) is 10.4 Å². The van der Waals surface area contributed by atoms with Gasteiger partial charge in [-0.3, -0.25) is 4.79 Å². The van der Waals surface area contributed by atoms with Crippen molar-refractivity contribution in [2.45, 2.75) is 5.51 Å². The van der Waals surface area contributed by atoms with Crippen LogP contribution in [0.15, 0.2) is 18.2 Å². The summed E-state index contributed by atoms with van der Waals surface area (Å²) >= 11 is -0.260. The van der Waals surface area contributed by atoms with Crippen molar-refractivity contribution >= 4 is 17.7 Å². The van der Waals surface area contributed by atoms with Crippen LogP contribution in [0.3, 0.4) is 0 Å². The second-order valence-corrected chi connectivity index (χ2v) is 4.37. The summed E-state index contributed by atoms with van der Waals surface area (Å²) < 4.78 is 48.0. The number of carbonyl (C=O) groups is 1. The highest BCUT2D eigenvalue weighted by atomic mass is 32.2. The van der Waals surface area contributed by atoms with E-state index in [1.165, 1.54) is 0 Å². The molecule has 100 valence electrons. The fourth-order valence-corrected chi connectivity index (χ4v) is 1.56. The predicted molar refractivity (Wildman–Crippen MR) is 58.9 cm³/mol. The lowest BCUT2D eigenvalue weighted by Gasteiger charge is -2.08. The van der Waals surface area contributed by atoms with Crippen molar-refractivity contribution in [3.05, 3.63) is 29.6 Å². The number of amides is 1. The first-order chi connectivity index (χ1) is 8.29. The molecule has 18 heavy (non-hydrogen) atoms. The third-order valence-corrected chi connectivity index (χ3v) is 2.59. The monoisotopic (exact) mass is 283 g/mol. The maximum Gasteiger partial charge on any atom is 0.441 e. The highest BCUT2D eigenvalue weighted by Crippen LogP contribution is 2.29. The van der Waals surface area contributed by atoms with E-state index in [1.54, 1.807) is 0 Å². The molecule has 0 aliphatic carbocycles. The van der Waals surface area contributed by atoms with Crippen LogP contribution in [0, 0.1) is 5.82 Å². The van der Waals surface area contributed by atoms with Crippen LogP contribution in [0.25, 0.3) is 0 Å². The molecule has 0 heterocycles. The minimum atomic E-state index is -4.34. The quantitative estimate of drug-likeness (QED) is 0.659. The standard InChI is InChI=1S/C10H9F4NO2S/c11-6-1-2-7(8(16)5-6)9(17)15-3-4-18-10(12,13)14/h1-2,5,16H,3-4H2,(H,15,17). The number of phenolic OH excluding ortho intramolecular Hbond substituents is 1. The highest BCUT2D eigenvalue weighted by molar-refractivity contribution is 8.00. The van der Waals surface area contributed by atoms with Crippen LogP contribution in [-0.4, -0.2) is 28.8 Å². The number of carbonyl (C=O) groups excluding carboxylic acids is 1. The molecule has 0 spiro atoms. The molecule has 1 aromatic carbocycles. The summed E-state index contributed by atoms with van der Waals surface area (Å²) in [7, 11) is 0. The molecule has 0 aliphatic heterocycles. The molecular weight excluding hydrogens is 274 g/mol. The second-order valence-electron chi connectivity index (χ2n) is 3.21. The van der Waals surface area contributed by atoms with Gasteiger partial charge in [0.2, 0.25) is 0 Å². The number of hydrogen-bond acceptors (Lipinski definition) is 3. The molecule has 1 aromatic rings. The summed E-state index contributed by atoms with van der Waals surface area (Å²) in [4.78, 5) is 11.4. The normalized spacial score (nSPS) is 11.3. The van der Waals surface area contributed by atoms with Crippen molar-refractivity contribution in [1.29, 1.82) is 0 Å². The predicted octanol–water partition coefficient (Wildman–Crippen LogP) is 2.51. The van der Waals surface area contributed by atoms with Gasteiger partial charge in [-0.1, -0.05) is 0 Å². The second kappa shape index (κ2) is 5.94. The van der Waals surface area contributed by atoms with Gasteiger partial charge >= 0.3 is 5.51 Å². The van der Waals surface area contributed by atoms with Crippen LogP contribution in [0.2, 0.25) is 0 Å². The molecule has 0 saturated heterocycles. The number of phenols is 1.